The molecule has 0 bridgehead atoms. The third-order valence-corrected chi connectivity index (χ3v) is 5.65. The monoisotopic (exact) mass is 327 g/mol. The van der Waals surface area contributed by atoms with Crippen molar-refractivity contribution in [2.45, 2.75) is 36.0 Å². The lowest BCUT2D eigenvalue weighted by Crippen LogP contribution is -2.41. The predicted octanol–water partition coefficient (Wildman–Crippen LogP) is 4.46. The number of ether oxygens (including phenoxy) is 1. The lowest BCUT2D eigenvalue weighted by atomic mass is 10.1. The number of hydrogen-bond donors (Lipinski definition) is 1. The molecule has 0 amide bonds. The molecule has 1 heterocycles. The Balaban J connectivity index is 1.86. The summed E-state index contributed by atoms with van der Waals surface area (Å²) in [6, 6.07) is 19.6. The van der Waals surface area contributed by atoms with Gasteiger partial charge >= 0.3 is 0 Å². The number of aryl methyl sites for hydroxylation is 1. The maximum atomic E-state index is 6.08. The van der Waals surface area contributed by atoms with E-state index in [0.29, 0.717) is 5.25 Å². The van der Waals surface area contributed by atoms with Gasteiger partial charge < -0.3 is 10.1 Å². The summed E-state index contributed by atoms with van der Waals surface area (Å²) in [4.78, 5) is 1.39. The van der Waals surface area contributed by atoms with Gasteiger partial charge in [-0.15, -0.1) is 11.8 Å². The van der Waals surface area contributed by atoms with Crippen molar-refractivity contribution < 1.29 is 4.74 Å². The van der Waals surface area contributed by atoms with Crippen LogP contribution in [0.5, 0.6) is 0 Å². The fraction of sp³-hybridized carbons (Fsp3) is 0.400. The zero-order valence-electron chi connectivity index (χ0n) is 13.7. The average molecular weight is 327 g/mol. The van der Waals surface area contributed by atoms with Crippen molar-refractivity contribution in [1.29, 1.82) is 0 Å². The van der Waals surface area contributed by atoms with E-state index in [9.17, 15) is 0 Å². The minimum absolute atomic E-state index is 0.214. The zero-order chi connectivity index (χ0) is 15.9. The Morgan fingerprint density at radius 2 is 1.91 bits per heavy atom. The predicted molar refractivity (Wildman–Crippen MR) is 98.1 cm³/mol. The highest BCUT2D eigenvalue weighted by molar-refractivity contribution is 7.99. The van der Waals surface area contributed by atoms with Crippen LogP contribution in [0.4, 0.5) is 0 Å². The highest BCUT2D eigenvalue weighted by Gasteiger charge is 2.27. The molecule has 0 radical (unpaired) electrons. The van der Waals surface area contributed by atoms with Gasteiger partial charge in [0.05, 0.1) is 18.0 Å². The molecule has 2 aromatic carbocycles. The van der Waals surface area contributed by atoms with E-state index in [1.165, 1.54) is 22.4 Å². The first-order chi connectivity index (χ1) is 11.4. The van der Waals surface area contributed by atoms with Gasteiger partial charge in [-0.3, -0.25) is 0 Å². The Labute approximate surface area is 143 Å². The average Bonchev–Trinajstić information content (AvgIpc) is 2.63. The summed E-state index contributed by atoms with van der Waals surface area (Å²) >= 11 is 1.95. The number of morpholine rings is 1. The third kappa shape index (κ3) is 4.37. The molecule has 1 N–H and O–H groups in total. The van der Waals surface area contributed by atoms with Crippen LogP contribution in [0.3, 0.4) is 0 Å². The molecule has 2 aromatic rings. The summed E-state index contributed by atoms with van der Waals surface area (Å²) in [7, 11) is 0. The molecular formula is C20H25NOS. The summed E-state index contributed by atoms with van der Waals surface area (Å²) in [5, 5.41) is 3.79. The fourth-order valence-electron chi connectivity index (χ4n) is 3.01. The van der Waals surface area contributed by atoms with Crippen molar-refractivity contribution in [3.05, 3.63) is 65.7 Å². The lowest BCUT2D eigenvalue weighted by molar-refractivity contribution is 0.0273. The van der Waals surface area contributed by atoms with Crippen LogP contribution in [0.25, 0.3) is 0 Å². The van der Waals surface area contributed by atoms with E-state index >= 15 is 0 Å². The molecule has 3 heteroatoms. The van der Waals surface area contributed by atoms with Crippen LogP contribution in [0.2, 0.25) is 0 Å². The van der Waals surface area contributed by atoms with Gasteiger partial charge in [-0.05, 0) is 23.6 Å². The van der Waals surface area contributed by atoms with Crippen LogP contribution in [0, 0.1) is 0 Å². The smallest absolute Gasteiger partial charge is 0.0862 e. The molecule has 1 aliphatic rings. The van der Waals surface area contributed by atoms with E-state index in [0.717, 1.165) is 26.1 Å². The SMILES string of the molecule is CCCc1ccccc1S[C@@H](c1ccccc1)C1CNCCO1. The van der Waals surface area contributed by atoms with Gasteiger partial charge in [0.2, 0.25) is 0 Å². The van der Waals surface area contributed by atoms with Crippen LogP contribution in [-0.4, -0.2) is 25.8 Å². The van der Waals surface area contributed by atoms with Crippen LogP contribution >= 0.6 is 11.8 Å². The van der Waals surface area contributed by atoms with Crippen LogP contribution in [-0.2, 0) is 11.2 Å². The fourth-order valence-corrected chi connectivity index (χ4v) is 4.38. The molecule has 2 atom stereocenters. The van der Waals surface area contributed by atoms with Gasteiger partial charge in [0.25, 0.3) is 0 Å². The number of benzene rings is 2. The number of nitrogens with one attached hydrogen (secondary N) is 1. The quantitative estimate of drug-likeness (QED) is 0.792. The van der Waals surface area contributed by atoms with E-state index in [1.807, 2.05) is 11.8 Å². The molecule has 3 rings (SSSR count). The number of hydrogen-bond acceptors (Lipinski definition) is 3. The van der Waals surface area contributed by atoms with Crippen molar-refractivity contribution in [3.63, 3.8) is 0 Å². The first-order valence-corrected chi connectivity index (χ1v) is 9.38. The zero-order valence-corrected chi connectivity index (χ0v) is 14.5. The molecule has 23 heavy (non-hydrogen) atoms. The first-order valence-electron chi connectivity index (χ1n) is 8.50. The maximum absolute atomic E-state index is 6.08. The van der Waals surface area contributed by atoms with Crippen molar-refractivity contribution in [2.75, 3.05) is 19.7 Å². The summed E-state index contributed by atoms with van der Waals surface area (Å²) in [5.74, 6) is 0. The van der Waals surface area contributed by atoms with Crippen molar-refractivity contribution in [3.8, 4) is 0 Å². The third-order valence-electron chi connectivity index (χ3n) is 4.17. The largest absolute Gasteiger partial charge is 0.374 e. The normalized spacial score (nSPS) is 19.4. The summed E-state index contributed by atoms with van der Waals surface area (Å²) in [6.07, 6.45) is 2.52. The van der Waals surface area contributed by atoms with Crippen LogP contribution < -0.4 is 5.32 Å². The molecule has 2 nitrogen and oxygen atoms in total. The molecule has 1 aliphatic heterocycles. The Morgan fingerprint density at radius 3 is 2.65 bits per heavy atom. The molecule has 1 saturated heterocycles. The van der Waals surface area contributed by atoms with Crippen LogP contribution in [0.15, 0.2) is 59.5 Å². The standard InChI is InChI=1S/C20H25NOS/c1-2-8-16-9-6-7-12-19(16)23-20(17-10-4-3-5-11-17)18-15-21-13-14-22-18/h3-7,9-12,18,20-21H,2,8,13-15H2,1H3/t18?,20-/m0/s1. The van der Waals surface area contributed by atoms with Crippen molar-refractivity contribution >= 4 is 11.8 Å². The number of rotatable bonds is 6. The minimum atomic E-state index is 0.214. The molecule has 0 saturated carbocycles. The molecule has 0 aliphatic carbocycles. The Hall–Kier alpha value is -1.29. The molecule has 0 spiro atoms. The molecule has 122 valence electrons. The maximum Gasteiger partial charge on any atom is 0.0862 e. The van der Waals surface area contributed by atoms with Crippen molar-refractivity contribution in [2.24, 2.45) is 0 Å². The second kappa shape index (κ2) is 8.53. The van der Waals surface area contributed by atoms with Gasteiger partial charge in [0.15, 0.2) is 0 Å². The second-order valence-corrected chi connectivity index (χ2v) is 7.10. The summed E-state index contributed by atoms with van der Waals surface area (Å²) in [5.41, 5.74) is 2.79. The Morgan fingerprint density at radius 1 is 1.13 bits per heavy atom. The van der Waals surface area contributed by atoms with Gasteiger partial charge in [0.1, 0.15) is 0 Å². The van der Waals surface area contributed by atoms with Crippen molar-refractivity contribution in [1.82, 2.24) is 5.32 Å². The molecule has 1 fully saturated rings. The second-order valence-electron chi connectivity index (χ2n) is 5.92. The van der Waals surface area contributed by atoms with E-state index in [-0.39, 0.29) is 6.10 Å². The van der Waals surface area contributed by atoms with Gasteiger partial charge in [-0.1, -0.05) is 61.9 Å². The van der Waals surface area contributed by atoms with E-state index in [2.05, 4.69) is 66.8 Å². The minimum Gasteiger partial charge on any atom is -0.374 e. The summed E-state index contributed by atoms with van der Waals surface area (Å²) < 4.78 is 6.08. The van der Waals surface area contributed by atoms with E-state index in [1.54, 1.807) is 0 Å². The molecule has 1 unspecified atom stereocenters. The van der Waals surface area contributed by atoms with Gasteiger partial charge in [-0.25, -0.2) is 0 Å². The Kier molecular flexibility index (Phi) is 6.14. The van der Waals surface area contributed by atoms with Gasteiger partial charge in [0, 0.05) is 18.0 Å². The highest BCUT2D eigenvalue weighted by atomic mass is 32.2. The molecule has 0 aromatic heterocycles. The topological polar surface area (TPSA) is 21.3 Å². The lowest BCUT2D eigenvalue weighted by Gasteiger charge is -2.31. The molecular weight excluding hydrogens is 302 g/mol. The van der Waals surface area contributed by atoms with E-state index < -0.39 is 0 Å². The number of thioether (sulfide) groups is 1. The highest BCUT2D eigenvalue weighted by Crippen LogP contribution is 2.40. The van der Waals surface area contributed by atoms with Gasteiger partial charge in [-0.2, -0.15) is 0 Å². The Bertz CT molecular complexity index is 596. The summed E-state index contributed by atoms with van der Waals surface area (Å²) in [6.45, 7) is 4.91. The van der Waals surface area contributed by atoms with E-state index in [4.69, 9.17) is 4.74 Å². The first kappa shape index (κ1) is 16.6. The van der Waals surface area contributed by atoms with Crippen LogP contribution in [0.1, 0.15) is 29.7 Å².